The summed E-state index contributed by atoms with van der Waals surface area (Å²) in [6.07, 6.45) is 0.260. The number of aliphatic imine (C=N–C) groups is 1. The molecule has 1 aromatic rings. The third-order valence-corrected chi connectivity index (χ3v) is 2.60. The molecule has 0 atom stereocenters. The third-order valence-electron chi connectivity index (χ3n) is 2.11. The second-order valence-electron chi connectivity index (χ2n) is 3.23. The van der Waals surface area contributed by atoms with Gasteiger partial charge < -0.3 is 4.74 Å². The van der Waals surface area contributed by atoms with E-state index in [1.165, 1.54) is 0 Å². The molecule has 0 spiro atoms. The molecule has 1 aliphatic heterocycles. The maximum atomic E-state index is 11.8. The standard InChI is InChI=1S/C11H10BrNO2/c12-9-3-1-2-8(6-9)10(14)7-11-13-4-5-15-11/h1-3,6H,4-5,7H2. The van der Waals surface area contributed by atoms with Gasteiger partial charge in [-0.3, -0.25) is 9.79 Å². The minimum atomic E-state index is 0.0388. The zero-order valence-electron chi connectivity index (χ0n) is 8.07. The SMILES string of the molecule is O=C(CC1=NCCO1)c1cccc(Br)c1. The highest BCUT2D eigenvalue weighted by Crippen LogP contribution is 2.14. The van der Waals surface area contributed by atoms with Crippen molar-refractivity contribution in [1.29, 1.82) is 0 Å². The van der Waals surface area contributed by atoms with E-state index in [0.29, 0.717) is 24.6 Å². The average molecular weight is 268 g/mol. The number of ether oxygens (including phenoxy) is 1. The molecule has 0 aromatic heterocycles. The van der Waals surface area contributed by atoms with E-state index in [1.807, 2.05) is 12.1 Å². The van der Waals surface area contributed by atoms with Gasteiger partial charge in [0, 0.05) is 10.0 Å². The van der Waals surface area contributed by atoms with Gasteiger partial charge >= 0.3 is 0 Å². The first kappa shape index (κ1) is 10.4. The molecule has 1 aromatic carbocycles. The lowest BCUT2D eigenvalue weighted by Gasteiger charge is -2.01. The fourth-order valence-electron chi connectivity index (χ4n) is 1.39. The first-order chi connectivity index (χ1) is 7.25. The maximum Gasteiger partial charge on any atom is 0.191 e. The van der Waals surface area contributed by atoms with E-state index in [0.717, 1.165) is 4.47 Å². The highest BCUT2D eigenvalue weighted by atomic mass is 79.9. The molecule has 0 saturated heterocycles. The van der Waals surface area contributed by atoms with Gasteiger partial charge in [-0.1, -0.05) is 28.1 Å². The Labute approximate surface area is 96.3 Å². The fourth-order valence-corrected chi connectivity index (χ4v) is 1.79. The number of nitrogens with zero attached hydrogens (tertiary/aromatic N) is 1. The normalized spacial score (nSPS) is 14.6. The van der Waals surface area contributed by atoms with Crippen molar-refractivity contribution in [3.8, 4) is 0 Å². The Hall–Kier alpha value is -1.16. The predicted molar refractivity (Wildman–Crippen MR) is 61.3 cm³/mol. The number of carbonyl (C=O) groups excluding carboxylic acids is 1. The van der Waals surface area contributed by atoms with Gasteiger partial charge in [0.15, 0.2) is 11.7 Å². The molecule has 0 radical (unpaired) electrons. The molecule has 1 aliphatic rings. The number of Topliss-reactive ketones (excluding diaryl/α,β-unsaturated/α-hetero) is 1. The van der Waals surface area contributed by atoms with E-state index in [4.69, 9.17) is 4.74 Å². The summed E-state index contributed by atoms with van der Waals surface area (Å²) >= 11 is 3.33. The third kappa shape index (κ3) is 2.65. The van der Waals surface area contributed by atoms with E-state index >= 15 is 0 Å². The van der Waals surface area contributed by atoms with Gasteiger partial charge in [-0.25, -0.2) is 0 Å². The van der Waals surface area contributed by atoms with Gasteiger partial charge in [-0.15, -0.1) is 0 Å². The summed E-state index contributed by atoms with van der Waals surface area (Å²) < 4.78 is 6.10. The van der Waals surface area contributed by atoms with Crippen LogP contribution >= 0.6 is 15.9 Å². The Morgan fingerprint density at radius 1 is 1.53 bits per heavy atom. The molecule has 4 heteroatoms. The van der Waals surface area contributed by atoms with Gasteiger partial charge in [0.25, 0.3) is 0 Å². The Morgan fingerprint density at radius 3 is 3.07 bits per heavy atom. The molecule has 0 fully saturated rings. The van der Waals surface area contributed by atoms with E-state index in [-0.39, 0.29) is 12.2 Å². The number of hydrogen-bond donors (Lipinski definition) is 0. The van der Waals surface area contributed by atoms with Gasteiger partial charge in [0.2, 0.25) is 0 Å². The number of hydrogen-bond acceptors (Lipinski definition) is 3. The van der Waals surface area contributed by atoms with Crippen molar-refractivity contribution in [1.82, 2.24) is 0 Å². The summed E-state index contributed by atoms with van der Waals surface area (Å²) in [4.78, 5) is 15.9. The molecule has 0 unspecified atom stereocenters. The van der Waals surface area contributed by atoms with Crippen molar-refractivity contribution in [2.75, 3.05) is 13.2 Å². The quantitative estimate of drug-likeness (QED) is 0.790. The summed E-state index contributed by atoms with van der Waals surface area (Å²) in [5.41, 5.74) is 0.683. The molecule has 3 nitrogen and oxygen atoms in total. The summed E-state index contributed by atoms with van der Waals surface area (Å²) in [6.45, 7) is 1.27. The van der Waals surface area contributed by atoms with Crippen LogP contribution in [0.3, 0.4) is 0 Å². The molecule has 0 aliphatic carbocycles. The Morgan fingerprint density at radius 2 is 2.40 bits per heavy atom. The molecule has 1 heterocycles. The lowest BCUT2D eigenvalue weighted by molar-refractivity contribution is 0.0994. The maximum absolute atomic E-state index is 11.8. The average Bonchev–Trinajstić information content (AvgIpc) is 2.70. The van der Waals surface area contributed by atoms with Crippen molar-refractivity contribution in [2.45, 2.75) is 6.42 Å². The predicted octanol–water partition coefficient (Wildman–Crippen LogP) is 2.45. The number of rotatable bonds is 3. The summed E-state index contributed by atoms with van der Waals surface area (Å²) in [6, 6.07) is 7.33. The zero-order chi connectivity index (χ0) is 10.7. The van der Waals surface area contributed by atoms with Crippen LogP contribution in [0.1, 0.15) is 16.8 Å². The highest BCUT2D eigenvalue weighted by Gasteiger charge is 2.14. The fraction of sp³-hybridized carbons (Fsp3) is 0.273. The topological polar surface area (TPSA) is 38.7 Å². The largest absolute Gasteiger partial charge is 0.479 e. The van der Waals surface area contributed by atoms with E-state index in [1.54, 1.807) is 12.1 Å². The van der Waals surface area contributed by atoms with Crippen molar-refractivity contribution in [3.63, 3.8) is 0 Å². The van der Waals surface area contributed by atoms with Crippen molar-refractivity contribution in [2.24, 2.45) is 4.99 Å². The Kier molecular flexibility index (Phi) is 3.16. The molecule has 0 N–H and O–H groups in total. The van der Waals surface area contributed by atoms with Crippen LogP contribution in [0.5, 0.6) is 0 Å². The van der Waals surface area contributed by atoms with E-state index in [9.17, 15) is 4.79 Å². The molecule has 0 saturated carbocycles. The van der Waals surface area contributed by atoms with Crippen molar-refractivity contribution < 1.29 is 9.53 Å². The van der Waals surface area contributed by atoms with Crippen LogP contribution in [-0.2, 0) is 4.74 Å². The highest BCUT2D eigenvalue weighted by molar-refractivity contribution is 9.10. The molecule has 0 bridgehead atoms. The van der Waals surface area contributed by atoms with Crippen LogP contribution < -0.4 is 0 Å². The smallest absolute Gasteiger partial charge is 0.191 e. The Bertz CT molecular complexity index is 415. The van der Waals surface area contributed by atoms with Gasteiger partial charge in [0.1, 0.15) is 6.61 Å². The molecule has 0 amide bonds. The minimum absolute atomic E-state index is 0.0388. The van der Waals surface area contributed by atoms with Crippen molar-refractivity contribution in [3.05, 3.63) is 34.3 Å². The number of ketones is 1. The van der Waals surface area contributed by atoms with Crippen LogP contribution in [0.4, 0.5) is 0 Å². The summed E-state index contributed by atoms with van der Waals surface area (Å²) in [5, 5.41) is 0. The van der Waals surface area contributed by atoms with Gasteiger partial charge in [0.05, 0.1) is 13.0 Å². The summed E-state index contributed by atoms with van der Waals surface area (Å²) in [7, 11) is 0. The molecular weight excluding hydrogens is 258 g/mol. The minimum Gasteiger partial charge on any atom is -0.479 e. The van der Waals surface area contributed by atoms with Crippen LogP contribution in [-0.4, -0.2) is 24.8 Å². The van der Waals surface area contributed by atoms with Crippen LogP contribution in [0.25, 0.3) is 0 Å². The lowest BCUT2D eigenvalue weighted by atomic mass is 10.1. The Balaban J connectivity index is 2.07. The first-order valence-electron chi connectivity index (χ1n) is 4.70. The molecule has 78 valence electrons. The first-order valence-corrected chi connectivity index (χ1v) is 5.50. The molecule has 2 rings (SSSR count). The van der Waals surface area contributed by atoms with E-state index < -0.39 is 0 Å². The summed E-state index contributed by atoms with van der Waals surface area (Å²) in [5.74, 6) is 0.594. The van der Waals surface area contributed by atoms with Crippen molar-refractivity contribution >= 4 is 27.6 Å². The number of benzene rings is 1. The van der Waals surface area contributed by atoms with E-state index in [2.05, 4.69) is 20.9 Å². The van der Waals surface area contributed by atoms with Gasteiger partial charge in [-0.2, -0.15) is 0 Å². The van der Waals surface area contributed by atoms with Crippen LogP contribution in [0, 0.1) is 0 Å². The van der Waals surface area contributed by atoms with Gasteiger partial charge in [-0.05, 0) is 12.1 Å². The van der Waals surface area contributed by atoms with Crippen LogP contribution in [0.2, 0.25) is 0 Å². The second kappa shape index (κ2) is 4.57. The lowest BCUT2D eigenvalue weighted by Crippen LogP contribution is -2.08. The zero-order valence-corrected chi connectivity index (χ0v) is 9.66. The van der Waals surface area contributed by atoms with Crippen LogP contribution in [0.15, 0.2) is 33.7 Å². The number of carbonyl (C=O) groups is 1. The second-order valence-corrected chi connectivity index (χ2v) is 4.15. The number of halogens is 1. The monoisotopic (exact) mass is 267 g/mol. The molecule has 15 heavy (non-hydrogen) atoms. The molecular formula is C11H10BrNO2.